The number of rotatable bonds is 4. The lowest BCUT2D eigenvalue weighted by atomic mass is 9.83. The van der Waals surface area contributed by atoms with E-state index in [1.54, 1.807) is 0 Å². The van der Waals surface area contributed by atoms with E-state index in [4.69, 9.17) is 15.2 Å². The Hall–Kier alpha value is -1.22. The number of benzene rings is 1. The van der Waals surface area contributed by atoms with Crippen LogP contribution in [-0.4, -0.2) is 12.2 Å². The molecule has 0 aliphatic carbocycles. The predicted molar refractivity (Wildman–Crippen MR) is 73.1 cm³/mol. The van der Waals surface area contributed by atoms with Gasteiger partial charge in [-0.05, 0) is 31.9 Å². The second kappa shape index (κ2) is 5.19. The first-order valence-electron chi connectivity index (χ1n) is 6.86. The highest BCUT2D eigenvalue weighted by molar-refractivity contribution is 5.48. The predicted octanol–water partition coefficient (Wildman–Crippen LogP) is 3.43. The SMILES string of the molecule is CCOc1cccc2c1C(N)CC(CC)(CC)O2. The van der Waals surface area contributed by atoms with E-state index in [2.05, 4.69) is 13.8 Å². The molecule has 2 rings (SSSR count). The maximum atomic E-state index is 6.34. The largest absolute Gasteiger partial charge is 0.493 e. The first-order valence-corrected chi connectivity index (χ1v) is 6.86. The molecule has 3 heteroatoms. The van der Waals surface area contributed by atoms with Crippen molar-refractivity contribution in [3.05, 3.63) is 23.8 Å². The van der Waals surface area contributed by atoms with Gasteiger partial charge in [-0.1, -0.05) is 19.9 Å². The van der Waals surface area contributed by atoms with Crippen LogP contribution < -0.4 is 15.2 Å². The van der Waals surface area contributed by atoms with Crippen LogP contribution in [0.2, 0.25) is 0 Å². The first kappa shape index (κ1) is 13.2. The summed E-state index contributed by atoms with van der Waals surface area (Å²) in [5.41, 5.74) is 7.26. The smallest absolute Gasteiger partial charge is 0.128 e. The molecule has 1 heterocycles. The lowest BCUT2D eigenvalue weighted by Gasteiger charge is -2.40. The Labute approximate surface area is 109 Å². The molecular formula is C15H23NO2. The van der Waals surface area contributed by atoms with E-state index in [0.717, 1.165) is 36.3 Å². The van der Waals surface area contributed by atoms with E-state index < -0.39 is 0 Å². The molecule has 0 saturated heterocycles. The molecule has 0 saturated carbocycles. The van der Waals surface area contributed by atoms with Crippen molar-refractivity contribution in [3.8, 4) is 11.5 Å². The van der Waals surface area contributed by atoms with Gasteiger partial charge in [-0.3, -0.25) is 0 Å². The van der Waals surface area contributed by atoms with Crippen molar-refractivity contribution in [2.75, 3.05) is 6.61 Å². The van der Waals surface area contributed by atoms with Gasteiger partial charge in [0.25, 0.3) is 0 Å². The molecule has 0 radical (unpaired) electrons. The van der Waals surface area contributed by atoms with Gasteiger partial charge in [0.15, 0.2) is 0 Å². The summed E-state index contributed by atoms with van der Waals surface area (Å²) < 4.78 is 11.9. The normalized spacial score (nSPS) is 21.0. The molecule has 1 unspecified atom stereocenters. The molecule has 1 aliphatic rings. The summed E-state index contributed by atoms with van der Waals surface area (Å²) >= 11 is 0. The van der Waals surface area contributed by atoms with Crippen LogP contribution in [0.4, 0.5) is 0 Å². The van der Waals surface area contributed by atoms with Crippen molar-refractivity contribution in [2.24, 2.45) is 5.73 Å². The van der Waals surface area contributed by atoms with E-state index in [9.17, 15) is 0 Å². The van der Waals surface area contributed by atoms with Crippen LogP contribution in [0.3, 0.4) is 0 Å². The summed E-state index contributed by atoms with van der Waals surface area (Å²) in [5, 5.41) is 0. The fourth-order valence-electron chi connectivity index (χ4n) is 2.72. The lowest BCUT2D eigenvalue weighted by Crippen LogP contribution is -2.42. The summed E-state index contributed by atoms with van der Waals surface area (Å²) in [5.74, 6) is 1.76. The average Bonchev–Trinajstić information content (AvgIpc) is 2.38. The number of ether oxygens (including phenoxy) is 2. The fraction of sp³-hybridized carbons (Fsp3) is 0.600. The number of nitrogens with two attached hydrogens (primary N) is 1. The molecule has 3 nitrogen and oxygen atoms in total. The standard InChI is InChI=1S/C15H23NO2/c1-4-15(5-2)10-11(16)14-12(17-6-3)8-7-9-13(14)18-15/h7-9,11H,4-6,10,16H2,1-3H3. The van der Waals surface area contributed by atoms with Crippen molar-refractivity contribution >= 4 is 0 Å². The highest BCUT2D eigenvalue weighted by Crippen LogP contribution is 2.45. The molecule has 1 atom stereocenters. The molecule has 18 heavy (non-hydrogen) atoms. The zero-order valence-corrected chi connectivity index (χ0v) is 11.5. The van der Waals surface area contributed by atoms with Gasteiger partial charge < -0.3 is 15.2 Å². The van der Waals surface area contributed by atoms with E-state index in [1.807, 2.05) is 25.1 Å². The molecule has 1 aromatic rings. The Morgan fingerprint density at radius 2 is 2.06 bits per heavy atom. The molecule has 0 fully saturated rings. The van der Waals surface area contributed by atoms with Crippen molar-refractivity contribution in [1.82, 2.24) is 0 Å². The van der Waals surface area contributed by atoms with Crippen LogP contribution in [-0.2, 0) is 0 Å². The van der Waals surface area contributed by atoms with Crippen molar-refractivity contribution in [3.63, 3.8) is 0 Å². The molecular weight excluding hydrogens is 226 g/mol. The second-order valence-corrected chi connectivity index (χ2v) is 4.90. The van der Waals surface area contributed by atoms with Crippen LogP contribution in [0.1, 0.15) is 51.6 Å². The van der Waals surface area contributed by atoms with Gasteiger partial charge in [0, 0.05) is 12.5 Å². The van der Waals surface area contributed by atoms with Gasteiger partial charge in [-0.15, -0.1) is 0 Å². The molecule has 1 aliphatic heterocycles. The minimum atomic E-state index is -0.114. The monoisotopic (exact) mass is 249 g/mol. The minimum absolute atomic E-state index is 0.00333. The molecule has 0 bridgehead atoms. The van der Waals surface area contributed by atoms with Gasteiger partial charge in [0.2, 0.25) is 0 Å². The maximum Gasteiger partial charge on any atom is 0.128 e. The van der Waals surface area contributed by atoms with Gasteiger partial charge >= 0.3 is 0 Å². The lowest BCUT2D eigenvalue weighted by molar-refractivity contribution is 0.0272. The van der Waals surface area contributed by atoms with Gasteiger partial charge in [-0.2, -0.15) is 0 Å². The summed E-state index contributed by atoms with van der Waals surface area (Å²) in [6.07, 6.45) is 2.82. The van der Waals surface area contributed by atoms with Gasteiger partial charge in [-0.25, -0.2) is 0 Å². The Morgan fingerprint density at radius 3 is 2.67 bits per heavy atom. The fourth-order valence-corrected chi connectivity index (χ4v) is 2.72. The Morgan fingerprint density at radius 1 is 1.33 bits per heavy atom. The van der Waals surface area contributed by atoms with Crippen LogP contribution in [0.25, 0.3) is 0 Å². The summed E-state index contributed by atoms with van der Waals surface area (Å²) in [6, 6.07) is 5.93. The van der Waals surface area contributed by atoms with Crippen LogP contribution >= 0.6 is 0 Å². The average molecular weight is 249 g/mol. The third kappa shape index (κ3) is 2.19. The summed E-state index contributed by atoms with van der Waals surface area (Å²) in [7, 11) is 0. The summed E-state index contributed by atoms with van der Waals surface area (Å²) in [6.45, 7) is 6.95. The van der Waals surface area contributed by atoms with Gasteiger partial charge in [0.05, 0.1) is 12.2 Å². The number of fused-ring (bicyclic) bond motifs is 1. The highest BCUT2D eigenvalue weighted by atomic mass is 16.5. The first-order chi connectivity index (χ1) is 8.65. The Kier molecular flexibility index (Phi) is 3.81. The Bertz CT molecular complexity index is 413. The quantitative estimate of drug-likeness (QED) is 0.889. The van der Waals surface area contributed by atoms with Gasteiger partial charge in [0.1, 0.15) is 17.1 Å². The van der Waals surface area contributed by atoms with Crippen LogP contribution in [0, 0.1) is 0 Å². The number of hydrogen-bond donors (Lipinski definition) is 1. The van der Waals surface area contributed by atoms with Crippen LogP contribution in [0.15, 0.2) is 18.2 Å². The zero-order valence-electron chi connectivity index (χ0n) is 11.5. The van der Waals surface area contributed by atoms with E-state index in [0.29, 0.717) is 6.61 Å². The van der Waals surface area contributed by atoms with E-state index in [-0.39, 0.29) is 11.6 Å². The van der Waals surface area contributed by atoms with Crippen LogP contribution in [0.5, 0.6) is 11.5 Å². The zero-order chi connectivity index (χ0) is 13.2. The van der Waals surface area contributed by atoms with E-state index >= 15 is 0 Å². The molecule has 0 spiro atoms. The molecule has 1 aromatic carbocycles. The van der Waals surface area contributed by atoms with Crippen molar-refractivity contribution in [1.29, 1.82) is 0 Å². The topological polar surface area (TPSA) is 44.5 Å². The highest BCUT2D eigenvalue weighted by Gasteiger charge is 2.38. The second-order valence-electron chi connectivity index (χ2n) is 4.90. The van der Waals surface area contributed by atoms with Crippen molar-refractivity contribution in [2.45, 2.75) is 51.7 Å². The van der Waals surface area contributed by atoms with E-state index in [1.165, 1.54) is 0 Å². The Balaban J connectivity index is 2.40. The molecule has 0 aromatic heterocycles. The third-order valence-electron chi connectivity index (χ3n) is 3.90. The van der Waals surface area contributed by atoms with Crippen molar-refractivity contribution < 1.29 is 9.47 Å². The summed E-state index contributed by atoms with van der Waals surface area (Å²) in [4.78, 5) is 0. The molecule has 100 valence electrons. The third-order valence-corrected chi connectivity index (χ3v) is 3.90. The molecule has 2 N–H and O–H groups in total. The minimum Gasteiger partial charge on any atom is -0.493 e. The number of hydrogen-bond acceptors (Lipinski definition) is 3. The maximum absolute atomic E-state index is 6.34. The molecule has 0 amide bonds.